The third-order valence-electron chi connectivity index (χ3n) is 11.1. The Balaban J connectivity index is 1.28. The summed E-state index contributed by atoms with van der Waals surface area (Å²) in [5, 5.41) is 0. The molecule has 5 aromatic rings. The number of nitrogens with zero attached hydrogens (tertiary/aromatic N) is 3. The first-order valence-corrected chi connectivity index (χ1v) is 17.6. The Labute approximate surface area is 290 Å². The van der Waals surface area contributed by atoms with Crippen LogP contribution in [-0.4, -0.2) is 40.2 Å². The summed E-state index contributed by atoms with van der Waals surface area (Å²) in [5.41, 5.74) is 7.03. The minimum absolute atomic E-state index is 0.397. The van der Waals surface area contributed by atoms with Crippen molar-refractivity contribution in [3.63, 3.8) is 0 Å². The average Bonchev–Trinajstić information content (AvgIpc) is 3.43. The summed E-state index contributed by atoms with van der Waals surface area (Å²) in [7, 11) is 0. The number of benzene rings is 4. The molecule has 1 saturated heterocycles. The van der Waals surface area contributed by atoms with Gasteiger partial charge >= 0.3 is 0 Å². The van der Waals surface area contributed by atoms with Gasteiger partial charge in [0.25, 0.3) is 0 Å². The molecule has 5 nitrogen and oxygen atoms in total. The maximum absolute atomic E-state index is 13.5. The van der Waals surface area contributed by atoms with Gasteiger partial charge in [0.05, 0.1) is 12.1 Å². The van der Waals surface area contributed by atoms with Gasteiger partial charge in [0.1, 0.15) is 6.04 Å². The summed E-state index contributed by atoms with van der Waals surface area (Å²) in [4.78, 5) is 34.6. The molecule has 0 bridgehead atoms. The summed E-state index contributed by atoms with van der Waals surface area (Å²) >= 11 is 0. The highest BCUT2D eigenvalue weighted by Gasteiger charge is 2.50. The van der Waals surface area contributed by atoms with E-state index in [0.29, 0.717) is 25.4 Å². The second-order valence-corrected chi connectivity index (χ2v) is 14.2. The van der Waals surface area contributed by atoms with Crippen molar-refractivity contribution in [2.75, 3.05) is 11.6 Å². The van der Waals surface area contributed by atoms with Crippen LogP contribution in [0.5, 0.6) is 0 Å². The van der Waals surface area contributed by atoms with Gasteiger partial charge in [0, 0.05) is 30.2 Å². The van der Waals surface area contributed by atoms with Crippen LogP contribution in [0.15, 0.2) is 134 Å². The largest absolute Gasteiger partial charge is 0.346 e. The van der Waals surface area contributed by atoms with E-state index in [1.54, 1.807) is 0 Å². The number of ketones is 1. The number of hydrogen-bond acceptors (Lipinski definition) is 5. The zero-order valence-electron chi connectivity index (χ0n) is 28.5. The van der Waals surface area contributed by atoms with Crippen LogP contribution < -0.4 is 4.90 Å². The lowest BCUT2D eigenvalue weighted by atomic mass is 9.65. The van der Waals surface area contributed by atoms with Crippen LogP contribution in [0, 0.1) is 0 Å². The monoisotopic (exact) mass is 647 g/mol. The predicted molar refractivity (Wildman–Crippen MR) is 197 cm³/mol. The zero-order valence-corrected chi connectivity index (χ0v) is 28.5. The van der Waals surface area contributed by atoms with E-state index in [2.05, 4.69) is 156 Å². The Hall–Kier alpha value is -4.87. The number of anilines is 1. The third kappa shape index (κ3) is 6.02. The number of hydrogen-bond donors (Lipinski definition) is 0. The molecule has 2 heterocycles. The number of carbonyl (C=O) groups excluding carboxylic acids is 2. The van der Waals surface area contributed by atoms with Crippen molar-refractivity contribution < 1.29 is 9.59 Å². The first-order chi connectivity index (χ1) is 23.9. The van der Waals surface area contributed by atoms with Crippen LogP contribution in [-0.2, 0) is 21.5 Å². The second kappa shape index (κ2) is 13.9. The van der Waals surface area contributed by atoms with Gasteiger partial charge in [-0.3, -0.25) is 19.5 Å². The highest BCUT2D eigenvalue weighted by molar-refractivity contribution is 6.28. The molecule has 1 aliphatic heterocycles. The fraction of sp³-hybridized carbons (Fsp3) is 0.295. The Bertz CT molecular complexity index is 1770. The summed E-state index contributed by atoms with van der Waals surface area (Å²) in [6, 6.07) is 42.2. The van der Waals surface area contributed by atoms with E-state index in [9.17, 15) is 9.59 Å². The normalized spacial score (nSPS) is 18.3. The molecule has 0 radical (unpaired) electrons. The van der Waals surface area contributed by atoms with E-state index < -0.39 is 22.8 Å². The first kappa shape index (κ1) is 32.7. The van der Waals surface area contributed by atoms with Crippen molar-refractivity contribution in [3.8, 4) is 0 Å². The van der Waals surface area contributed by atoms with E-state index in [-0.39, 0.29) is 0 Å². The number of Topliss-reactive ketones (excluding diaryl/α,β-unsaturated/α-hetero) is 1. The van der Waals surface area contributed by atoms with E-state index in [1.165, 1.54) is 59.9 Å². The van der Waals surface area contributed by atoms with Crippen LogP contribution in [0.1, 0.15) is 85.3 Å². The van der Waals surface area contributed by atoms with Crippen LogP contribution in [0.4, 0.5) is 5.69 Å². The summed E-state index contributed by atoms with van der Waals surface area (Å²) in [6.45, 7) is 5.42. The van der Waals surface area contributed by atoms with Crippen LogP contribution >= 0.6 is 0 Å². The minimum atomic E-state index is -0.613. The Morgan fingerprint density at radius 2 is 1.29 bits per heavy atom. The number of rotatable bonds is 10. The average molecular weight is 648 g/mol. The molecular weight excluding hydrogens is 603 g/mol. The van der Waals surface area contributed by atoms with Crippen molar-refractivity contribution in [2.24, 2.45) is 0 Å². The molecule has 2 fully saturated rings. The van der Waals surface area contributed by atoms with E-state index in [0.717, 1.165) is 11.3 Å². The zero-order chi connectivity index (χ0) is 33.8. The molecule has 1 aliphatic carbocycles. The van der Waals surface area contributed by atoms with Gasteiger partial charge in [-0.2, -0.15) is 0 Å². The summed E-state index contributed by atoms with van der Waals surface area (Å²) < 4.78 is 0. The fourth-order valence-corrected chi connectivity index (χ4v) is 8.59. The predicted octanol–water partition coefficient (Wildman–Crippen LogP) is 8.71. The third-order valence-corrected chi connectivity index (χ3v) is 11.1. The number of carbonyl (C=O) groups is 2. The van der Waals surface area contributed by atoms with Gasteiger partial charge < -0.3 is 4.90 Å². The van der Waals surface area contributed by atoms with Gasteiger partial charge in [0.2, 0.25) is 5.78 Å². The van der Waals surface area contributed by atoms with Crippen LogP contribution in [0.2, 0.25) is 0 Å². The quantitative estimate of drug-likeness (QED) is 0.0863. The fourth-order valence-electron chi connectivity index (χ4n) is 8.59. The lowest BCUT2D eigenvalue weighted by molar-refractivity contribution is -0.131. The Kier molecular flexibility index (Phi) is 9.29. The van der Waals surface area contributed by atoms with Crippen LogP contribution in [0.3, 0.4) is 0 Å². The maximum atomic E-state index is 13.5. The summed E-state index contributed by atoms with van der Waals surface area (Å²) in [5.74, 6) is 0.129. The molecule has 1 atom stereocenters. The minimum Gasteiger partial charge on any atom is -0.346 e. The molecule has 0 N–H and O–H groups in total. The Morgan fingerprint density at radius 3 is 1.82 bits per heavy atom. The van der Waals surface area contributed by atoms with Gasteiger partial charge in [0.15, 0.2) is 6.29 Å². The van der Waals surface area contributed by atoms with Crippen molar-refractivity contribution in [2.45, 2.75) is 75.4 Å². The number of pyridine rings is 1. The van der Waals surface area contributed by atoms with Crippen LogP contribution in [0.25, 0.3) is 0 Å². The SMILES string of the molecule is CC1(C)C(C(=O)C=O)N(c2ccc(C(c3ccccc3)(c3ccccc3)c3ccccc3)cc2)CN1Cc1ccncc1C1CCCCC1. The molecule has 49 heavy (non-hydrogen) atoms. The van der Waals surface area contributed by atoms with E-state index in [4.69, 9.17) is 0 Å². The van der Waals surface area contributed by atoms with Gasteiger partial charge in [-0.05, 0) is 84.2 Å². The second-order valence-electron chi connectivity index (χ2n) is 14.2. The molecule has 1 unspecified atom stereocenters. The molecule has 0 amide bonds. The first-order valence-electron chi connectivity index (χ1n) is 17.6. The number of aromatic nitrogens is 1. The van der Waals surface area contributed by atoms with E-state index in [1.807, 2.05) is 6.20 Å². The number of aldehydes is 1. The molecule has 1 saturated carbocycles. The summed E-state index contributed by atoms with van der Waals surface area (Å²) in [6.07, 6.45) is 10.7. The molecular formula is C44H45N3O2. The van der Waals surface area contributed by atoms with E-state index >= 15 is 0 Å². The smallest absolute Gasteiger partial charge is 0.219 e. The lowest BCUT2D eigenvalue weighted by Gasteiger charge is -2.37. The molecule has 248 valence electrons. The lowest BCUT2D eigenvalue weighted by Crippen LogP contribution is -2.51. The molecule has 4 aromatic carbocycles. The maximum Gasteiger partial charge on any atom is 0.219 e. The molecule has 7 rings (SSSR count). The van der Waals surface area contributed by atoms with Crippen molar-refractivity contribution in [3.05, 3.63) is 167 Å². The standard InChI is InChI=1S/C44H45N3O2/c1-43(2)42(41(49)31-48)47(32-46(43)30-34-27-28-45-29-40(34)33-15-7-3-8-16-33)39-25-23-38(24-26-39)44(35-17-9-4-10-18-35,36-19-11-5-12-20-36)37-21-13-6-14-22-37/h4-6,9-14,17-29,31,33,42H,3,7-8,15-16,30,32H2,1-2H3. The topological polar surface area (TPSA) is 53.5 Å². The molecule has 0 spiro atoms. The molecule has 1 aromatic heterocycles. The highest BCUT2D eigenvalue weighted by Crippen LogP contribution is 2.46. The molecule has 2 aliphatic rings. The highest BCUT2D eigenvalue weighted by atomic mass is 16.2. The van der Waals surface area contributed by atoms with Gasteiger partial charge in [-0.15, -0.1) is 0 Å². The van der Waals surface area contributed by atoms with Gasteiger partial charge in [-0.1, -0.05) is 122 Å². The molecule has 5 heteroatoms. The van der Waals surface area contributed by atoms with Gasteiger partial charge in [-0.25, -0.2) is 0 Å². The van der Waals surface area contributed by atoms with Crippen molar-refractivity contribution in [1.29, 1.82) is 0 Å². The van der Waals surface area contributed by atoms with Crippen molar-refractivity contribution in [1.82, 2.24) is 9.88 Å². The van der Waals surface area contributed by atoms with Crippen molar-refractivity contribution >= 4 is 17.8 Å². The Morgan fingerprint density at radius 1 is 0.755 bits per heavy atom.